The van der Waals surface area contributed by atoms with Crippen LogP contribution in [0.5, 0.6) is 5.75 Å². The van der Waals surface area contributed by atoms with E-state index in [9.17, 15) is 4.79 Å². The van der Waals surface area contributed by atoms with Gasteiger partial charge in [0.1, 0.15) is 12.4 Å². The highest BCUT2D eigenvalue weighted by Crippen LogP contribution is 2.27. The Morgan fingerprint density at radius 1 is 1.29 bits per heavy atom. The van der Waals surface area contributed by atoms with Crippen molar-refractivity contribution < 1.29 is 14.6 Å². The van der Waals surface area contributed by atoms with E-state index in [0.29, 0.717) is 6.61 Å². The van der Waals surface area contributed by atoms with E-state index in [2.05, 4.69) is 15.9 Å². The first-order valence-electron chi connectivity index (χ1n) is 6.44. The molecule has 0 aliphatic heterocycles. The zero-order valence-electron chi connectivity index (χ0n) is 11.5. The zero-order valence-corrected chi connectivity index (χ0v) is 13.1. The van der Waals surface area contributed by atoms with Crippen molar-refractivity contribution in [2.75, 3.05) is 0 Å². The van der Waals surface area contributed by atoms with Gasteiger partial charge in [-0.1, -0.05) is 30.3 Å². The molecule has 0 saturated heterocycles. The van der Waals surface area contributed by atoms with Crippen molar-refractivity contribution in [3.8, 4) is 5.75 Å². The van der Waals surface area contributed by atoms with Crippen molar-refractivity contribution in [2.45, 2.75) is 13.5 Å². The van der Waals surface area contributed by atoms with Crippen LogP contribution in [0.25, 0.3) is 6.08 Å². The third-order valence-electron chi connectivity index (χ3n) is 3.02. The van der Waals surface area contributed by atoms with E-state index in [1.54, 1.807) is 0 Å². The summed E-state index contributed by atoms with van der Waals surface area (Å²) in [6, 6.07) is 13.5. The third-order valence-corrected chi connectivity index (χ3v) is 3.64. The Morgan fingerprint density at radius 3 is 2.71 bits per heavy atom. The molecule has 0 aliphatic carbocycles. The molecule has 0 atom stereocenters. The molecule has 2 rings (SSSR count). The predicted molar refractivity (Wildman–Crippen MR) is 86.3 cm³/mol. The molecule has 1 N–H and O–H groups in total. The van der Waals surface area contributed by atoms with Gasteiger partial charge >= 0.3 is 5.97 Å². The van der Waals surface area contributed by atoms with Gasteiger partial charge in [-0.05, 0) is 57.8 Å². The van der Waals surface area contributed by atoms with Gasteiger partial charge in [0.05, 0.1) is 4.47 Å². The van der Waals surface area contributed by atoms with Crippen LogP contribution in [-0.2, 0) is 11.4 Å². The highest BCUT2D eigenvalue weighted by Gasteiger charge is 2.04. The van der Waals surface area contributed by atoms with E-state index in [1.165, 1.54) is 11.6 Å². The van der Waals surface area contributed by atoms with Crippen LogP contribution in [0.1, 0.15) is 16.7 Å². The molecule has 3 nitrogen and oxygen atoms in total. The van der Waals surface area contributed by atoms with Crippen molar-refractivity contribution in [1.82, 2.24) is 0 Å². The maximum Gasteiger partial charge on any atom is 0.328 e. The lowest BCUT2D eigenvalue weighted by Gasteiger charge is -2.10. The van der Waals surface area contributed by atoms with Gasteiger partial charge in [0.2, 0.25) is 0 Å². The van der Waals surface area contributed by atoms with Crippen molar-refractivity contribution in [3.05, 3.63) is 69.7 Å². The van der Waals surface area contributed by atoms with Gasteiger partial charge < -0.3 is 9.84 Å². The number of carboxylic acid groups (broad SMARTS) is 1. The lowest BCUT2D eigenvalue weighted by atomic mass is 10.1. The summed E-state index contributed by atoms with van der Waals surface area (Å²) in [5.41, 5.74) is 3.13. The minimum atomic E-state index is -0.967. The number of aryl methyl sites for hydroxylation is 1. The van der Waals surface area contributed by atoms with Crippen LogP contribution >= 0.6 is 15.9 Å². The van der Waals surface area contributed by atoms with Crippen molar-refractivity contribution >= 4 is 28.0 Å². The number of hydrogen-bond donors (Lipinski definition) is 1. The first-order valence-corrected chi connectivity index (χ1v) is 7.23. The monoisotopic (exact) mass is 346 g/mol. The fourth-order valence-electron chi connectivity index (χ4n) is 1.83. The fourth-order valence-corrected chi connectivity index (χ4v) is 2.34. The van der Waals surface area contributed by atoms with E-state index >= 15 is 0 Å². The van der Waals surface area contributed by atoms with Crippen LogP contribution in [-0.4, -0.2) is 11.1 Å². The molecule has 0 fully saturated rings. The molecular formula is C17H15BrO3. The molecular weight excluding hydrogens is 332 g/mol. The fraction of sp³-hybridized carbons (Fsp3) is 0.118. The number of carboxylic acids is 1. The molecule has 108 valence electrons. The van der Waals surface area contributed by atoms with E-state index < -0.39 is 5.97 Å². The first kappa shape index (κ1) is 15.3. The molecule has 0 heterocycles. The van der Waals surface area contributed by atoms with E-state index in [4.69, 9.17) is 9.84 Å². The number of carbonyl (C=O) groups is 1. The minimum absolute atomic E-state index is 0.496. The summed E-state index contributed by atoms with van der Waals surface area (Å²) in [5.74, 6) is -0.239. The molecule has 0 saturated carbocycles. The molecule has 0 spiro atoms. The molecule has 21 heavy (non-hydrogen) atoms. The zero-order chi connectivity index (χ0) is 15.2. The third kappa shape index (κ3) is 4.46. The van der Waals surface area contributed by atoms with Crippen LogP contribution in [0.15, 0.2) is 53.0 Å². The maximum atomic E-state index is 10.5. The Morgan fingerprint density at radius 2 is 2.05 bits per heavy atom. The highest BCUT2D eigenvalue weighted by molar-refractivity contribution is 9.10. The van der Waals surface area contributed by atoms with E-state index in [0.717, 1.165) is 27.4 Å². The van der Waals surface area contributed by atoms with Crippen LogP contribution in [0.2, 0.25) is 0 Å². The van der Waals surface area contributed by atoms with E-state index in [1.807, 2.05) is 49.4 Å². The summed E-state index contributed by atoms with van der Waals surface area (Å²) in [5, 5.41) is 8.61. The van der Waals surface area contributed by atoms with E-state index in [-0.39, 0.29) is 0 Å². The normalized spacial score (nSPS) is 10.8. The summed E-state index contributed by atoms with van der Waals surface area (Å²) in [4.78, 5) is 10.5. The standard InChI is InChI=1S/C17H15BrO3/c1-12-4-2-3-5-14(12)11-21-16-8-6-13(10-15(16)18)7-9-17(19)20/h2-10H,11H2,1H3,(H,19,20). The summed E-state index contributed by atoms with van der Waals surface area (Å²) in [6.07, 6.45) is 2.65. The average molecular weight is 347 g/mol. The lowest BCUT2D eigenvalue weighted by Crippen LogP contribution is -1.98. The van der Waals surface area contributed by atoms with Gasteiger partial charge in [0, 0.05) is 6.08 Å². The maximum absolute atomic E-state index is 10.5. The number of halogens is 1. The van der Waals surface area contributed by atoms with Gasteiger partial charge in [0.15, 0.2) is 0 Å². The molecule has 2 aromatic rings. The Kier molecular flexibility index (Phi) is 5.17. The van der Waals surface area contributed by atoms with Crippen molar-refractivity contribution in [3.63, 3.8) is 0 Å². The molecule has 0 aliphatic rings. The van der Waals surface area contributed by atoms with Gasteiger partial charge in [-0.25, -0.2) is 4.79 Å². The van der Waals surface area contributed by atoms with Gasteiger partial charge in [-0.15, -0.1) is 0 Å². The SMILES string of the molecule is Cc1ccccc1COc1ccc(C=CC(=O)O)cc1Br. The Hall–Kier alpha value is -2.07. The number of benzene rings is 2. The highest BCUT2D eigenvalue weighted by atomic mass is 79.9. The summed E-state index contributed by atoms with van der Waals surface area (Å²) in [6.45, 7) is 2.54. The number of rotatable bonds is 5. The molecule has 0 radical (unpaired) electrons. The molecule has 0 aromatic heterocycles. The minimum Gasteiger partial charge on any atom is -0.488 e. The number of hydrogen-bond acceptors (Lipinski definition) is 2. The topological polar surface area (TPSA) is 46.5 Å². The second-order valence-electron chi connectivity index (χ2n) is 4.58. The molecule has 0 unspecified atom stereocenters. The largest absolute Gasteiger partial charge is 0.488 e. The van der Waals surface area contributed by atoms with Crippen molar-refractivity contribution in [1.29, 1.82) is 0 Å². The molecule has 4 heteroatoms. The number of ether oxygens (including phenoxy) is 1. The second kappa shape index (κ2) is 7.09. The second-order valence-corrected chi connectivity index (χ2v) is 5.43. The van der Waals surface area contributed by atoms with Gasteiger partial charge in [-0.3, -0.25) is 0 Å². The molecule has 2 aromatic carbocycles. The van der Waals surface area contributed by atoms with Gasteiger partial charge in [0.25, 0.3) is 0 Å². The Labute approximate surface area is 132 Å². The van der Waals surface area contributed by atoms with Crippen LogP contribution in [0.3, 0.4) is 0 Å². The first-order chi connectivity index (χ1) is 10.1. The average Bonchev–Trinajstić information content (AvgIpc) is 2.45. The summed E-state index contributed by atoms with van der Waals surface area (Å²) in [7, 11) is 0. The van der Waals surface area contributed by atoms with Crippen LogP contribution in [0, 0.1) is 6.92 Å². The Bertz CT molecular complexity index is 677. The van der Waals surface area contributed by atoms with Gasteiger partial charge in [-0.2, -0.15) is 0 Å². The smallest absolute Gasteiger partial charge is 0.328 e. The van der Waals surface area contributed by atoms with Crippen LogP contribution < -0.4 is 4.74 Å². The Balaban J connectivity index is 2.08. The lowest BCUT2D eigenvalue weighted by molar-refractivity contribution is -0.131. The molecule has 0 amide bonds. The van der Waals surface area contributed by atoms with Crippen molar-refractivity contribution in [2.24, 2.45) is 0 Å². The number of aliphatic carboxylic acids is 1. The predicted octanol–water partition coefficient (Wildman–Crippen LogP) is 4.43. The van der Waals surface area contributed by atoms with Crippen LogP contribution in [0.4, 0.5) is 0 Å². The quantitative estimate of drug-likeness (QED) is 0.814. The summed E-state index contributed by atoms with van der Waals surface area (Å²) < 4.78 is 6.59. The molecule has 0 bridgehead atoms. The summed E-state index contributed by atoms with van der Waals surface area (Å²) >= 11 is 3.44.